The molecule has 3 aliphatic rings. The second-order valence-electron chi connectivity index (χ2n) is 12.6. The number of anilines is 1. The van der Waals surface area contributed by atoms with Crippen molar-refractivity contribution in [2.45, 2.75) is 37.8 Å². The topological polar surface area (TPSA) is 136 Å². The number of carboxylic acid groups (broad SMARTS) is 1. The van der Waals surface area contributed by atoms with Crippen molar-refractivity contribution in [2.75, 3.05) is 38.8 Å². The van der Waals surface area contributed by atoms with Gasteiger partial charge in [-0.15, -0.1) is 0 Å². The molecule has 2 N–H and O–H groups in total. The number of carbonyl (C=O) groups is 2. The molecule has 2 atom stereocenters. The van der Waals surface area contributed by atoms with Gasteiger partial charge < -0.3 is 29.2 Å². The largest absolute Gasteiger partial charge is 0.545 e. The smallest absolute Gasteiger partial charge is 0.414 e. The summed E-state index contributed by atoms with van der Waals surface area (Å²) in [4.78, 5) is 30.3. The van der Waals surface area contributed by atoms with Gasteiger partial charge in [-0.05, 0) is 79.2 Å². The number of phenolic OH excluding ortho intramolecular Hbond substituents is 1. The maximum Gasteiger partial charge on any atom is 0.414 e. The molecule has 4 heterocycles. The van der Waals surface area contributed by atoms with Crippen molar-refractivity contribution in [3.8, 4) is 17.2 Å². The van der Waals surface area contributed by atoms with Crippen LogP contribution >= 0.6 is 34.8 Å². The molecule has 0 unspecified atom stereocenters. The third-order valence-electron chi connectivity index (χ3n) is 9.66. The van der Waals surface area contributed by atoms with Gasteiger partial charge in [-0.25, -0.2) is 4.79 Å². The average Bonchev–Trinajstić information content (AvgIpc) is 3.11. The monoisotopic (exact) mass is 755 g/mol. The fraction of sp³-hybridized carbons (Fsp3) is 0.324. The predicted octanol–water partition coefficient (Wildman–Crippen LogP) is 5.87. The second-order valence-corrected chi connectivity index (χ2v) is 13.8. The Balaban J connectivity index is 1.44. The number of ether oxygens (including phenoxy) is 3. The van der Waals surface area contributed by atoms with E-state index in [-0.39, 0.29) is 57.1 Å². The lowest BCUT2D eigenvalue weighted by Gasteiger charge is -2.44. The Kier molecular flexibility index (Phi) is 11.0. The van der Waals surface area contributed by atoms with E-state index in [2.05, 4.69) is 4.90 Å². The van der Waals surface area contributed by atoms with Crippen LogP contribution in [0.2, 0.25) is 15.1 Å². The first kappa shape index (κ1) is 36.4. The SMILES string of the molecule is COc1ccc([C@H](Cc2c(Cl)c[n+](O)cc2Cl)c2cc(CN(C(=O)O[C@H]3CN4CCC3CC4)c3cccc(O)c3Cl)ccc2C(=O)[O-])cc1OC. The number of aromatic nitrogens is 1. The number of amides is 1. The van der Waals surface area contributed by atoms with Crippen molar-refractivity contribution in [2.24, 2.45) is 5.92 Å². The van der Waals surface area contributed by atoms with Gasteiger partial charge in [0, 0.05) is 28.3 Å². The van der Waals surface area contributed by atoms with Crippen molar-refractivity contribution in [1.29, 1.82) is 0 Å². The van der Waals surface area contributed by atoms with Crippen molar-refractivity contribution in [3.05, 3.63) is 110 Å². The molecule has 0 saturated carbocycles. The van der Waals surface area contributed by atoms with Crippen LogP contribution in [-0.4, -0.2) is 67.2 Å². The molecule has 0 aliphatic carbocycles. The lowest BCUT2D eigenvalue weighted by atomic mass is 9.82. The molecule has 51 heavy (non-hydrogen) atoms. The molecular weight excluding hydrogens is 721 g/mol. The summed E-state index contributed by atoms with van der Waals surface area (Å²) in [6.45, 7) is 2.49. The summed E-state index contributed by atoms with van der Waals surface area (Å²) >= 11 is 19.7. The highest BCUT2D eigenvalue weighted by molar-refractivity contribution is 6.35. The maximum atomic E-state index is 14.0. The first-order valence-corrected chi connectivity index (χ1v) is 17.4. The van der Waals surface area contributed by atoms with Crippen molar-refractivity contribution < 1.29 is 44.0 Å². The van der Waals surface area contributed by atoms with Crippen molar-refractivity contribution in [3.63, 3.8) is 0 Å². The fourth-order valence-electron chi connectivity index (χ4n) is 6.98. The van der Waals surface area contributed by atoms with Gasteiger partial charge in [-0.1, -0.05) is 65.1 Å². The number of methoxy groups -OCH3 is 2. The zero-order chi connectivity index (χ0) is 36.4. The number of nitrogens with zero attached hydrogens (tertiary/aromatic N) is 3. The number of rotatable bonds is 11. The summed E-state index contributed by atoms with van der Waals surface area (Å²) in [5.41, 5.74) is 2.08. The van der Waals surface area contributed by atoms with Gasteiger partial charge in [0.05, 0.1) is 32.4 Å². The Morgan fingerprint density at radius 1 is 1.00 bits per heavy atom. The summed E-state index contributed by atoms with van der Waals surface area (Å²) in [6, 6.07) is 14.5. The molecule has 2 bridgehead atoms. The number of carbonyl (C=O) groups excluding carboxylic acids is 2. The van der Waals surface area contributed by atoms with E-state index in [1.54, 1.807) is 42.5 Å². The molecule has 0 spiro atoms. The molecule has 3 saturated heterocycles. The van der Waals surface area contributed by atoms with Gasteiger partial charge in [0.25, 0.3) is 0 Å². The fourth-order valence-corrected chi connectivity index (χ4v) is 7.82. The van der Waals surface area contributed by atoms with E-state index in [1.807, 2.05) is 0 Å². The summed E-state index contributed by atoms with van der Waals surface area (Å²) in [7, 11) is 3.00. The number of phenols is 1. The number of hydrogen-bond donors (Lipinski definition) is 2. The lowest BCUT2D eigenvalue weighted by Crippen LogP contribution is -2.53. The second kappa shape index (κ2) is 15.4. The Morgan fingerprint density at radius 2 is 1.71 bits per heavy atom. The van der Waals surface area contributed by atoms with Crippen LogP contribution in [0.25, 0.3) is 0 Å². The van der Waals surface area contributed by atoms with Gasteiger partial charge in [-0.2, -0.15) is 0 Å². The normalized spacial score (nSPS) is 18.6. The van der Waals surface area contributed by atoms with Crippen LogP contribution in [0.4, 0.5) is 10.5 Å². The molecule has 3 fully saturated rings. The Bertz CT molecular complexity index is 1930. The zero-order valence-corrected chi connectivity index (χ0v) is 30.1. The van der Waals surface area contributed by atoms with Crippen LogP contribution in [0.5, 0.6) is 17.2 Å². The standard InChI is InChI=1S/C37H36Cl3N3O8/c1-49-32-9-7-23(15-33(32)50-2)25(16-27-28(38)18-42(48)19-29(27)39)26-14-21(6-8-24(26)36(45)46)17-43(30-4-3-5-31(44)35(30)40)37(47)51-34-20-41-12-10-22(34)11-13-41/h3-9,14-15,18-19,22,25,34H,10-13,16-17,20H2,1-2H3,(H2-,44,45,46,48)/t25-,34-/m0/s1. The average molecular weight is 757 g/mol. The first-order valence-electron chi connectivity index (χ1n) is 16.3. The molecule has 14 heteroatoms. The number of fused-ring (bicyclic) bond motifs is 3. The first-order chi connectivity index (χ1) is 24.5. The van der Waals surface area contributed by atoms with E-state index in [0.29, 0.717) is 40.3 Å². The van der Waals surface area contributed by atoms with Gasteiger partial charge in [0.1, 0.15) is 26.9 Å². The van der Waals surface area contributed by atoms with Gasteiger partial charge in [0.15, 0.2) is 11.5 Å². The number of aromatic carboxylic acids is 1. The summed E-state index contributed by atoms with van der Waals surface area (Å²) < 4.78 is 17.9. The number of aromatic hydroxyl groups is 1. The molecule has 4 aromatic rings. The molecule has 3 aromatic carbocycles. The van der Waals surface area contributed by atoms with Crippen LogP contribution in [-0.2, 0) is 17.7 Å². The minimum atomic E-state index is -1.42. The summed E-state index contributed by atoms with van der Waals surface area (Å²) in [5, 5.41) is 33.4. The number of halogens is 3. The Labute approximate surface area is 310 Å². The van der Waals surface area contributed by atoms with Gasteiger partial charge in [0.2, 0.25) is 12.4 Å². The number of piperidine rings is 3. The molecule has 7 rings (SSSR count). The lowest BCUT2D eigenvalue weighted by molar-refractivity contribution is -0.904. The Morgan fingerprint density at radius 3 is 2.33 bits per heavy atom. The highest BCUT2D eigenvalue weighted by atomic mass is 35.5. The number of benzene rings is 3. The third kappa shape index (κ3) is 7.77. The summed E-state index contributed by atoms with van der Waals surface area (Å²) in [5.74, 6) is -1.23. The van der Waals surface area contributed by atoms with Crippen LogP contribution < -0.4 is 24.2 Å². The van der Waals surface area contributed by atoms with E-state index in [4.69, 9.17) is 49.0 Å². The van der Waals surface area contributed by atoms with Crippen molar-refractivity contribution >= 4 is 52.6 Å². The minimum Gasteiger partial charge on any atom is -0.545 e. The van der Waals surface area contributed by atoms with Crippen molar-refractivity contribution in [1.82, 2.24) is 4.90 Å². The molecular formula is C37H36Cl3N3O8. The third-order valence-corrected chi connectivity index (χ3v) is 10.7. The molecule has 3 aliphatic heterocycles. The van der Waals surface area contributed by atoms with E-state index < -0.39 is 18.0 Å². The predicted molar refractivity (Wildman–Crippen MR) is 188 cm³/mol. The maximum absolute atomic E-state index is 14.0. The number of pyridine rings is 1. The van der Waals surface area contributed by atoms with Gasteiger partial charge >= 0.3 is 6.09 Å². The Hall–Kier alpha value is -4.42. The van der Waals surface area contributed by atoms with Crippen LogP contribution in [0.1, 0.15) is 51.4 Å². The van der Waals surface area contributed by atoms with Crippen LogP contribution in [0, 0.1) is 5.92 Å². The zero-order valence-electron chi connectivity index (χ0n) is 27.9. The summed E-state index contributed by atoms with van der Waals surface area (Å²) in [6.07, 6.45) is 3.57. The number of carboxylic acids is 1. The minimum absolute atomic E-state index is 0.0346. The number of hydrogen-bond acceptors (Lipinski definition) is 9. The molecule has 1 amide bonds. The van der Waals surface area contributed by atoms with E-state index >= 15 is 0 Å². The van der Waals surface area contributed by atoms with Gasteiger partial charge in [-0.3, -0.25) is 15.0 Å². The molecule has 1 aromatic heterocycles. The van der Waals surface area contributed by atoms with E-state index in [1.165, 1.54) is 43.6 Å². The quantitative estimate of drug-likeness (QED) is 0.142. The molecule has 0 radical (unpaired) electrons. The van der Waals surface area contributed by atoms with Crippen LogP contribution in [0.3, 0.4) is 0 Å². The highest BCUT2D eigenvalue weighted by Crippen LogP contribution is 2.40. The van der Waals surface area contributed by atoms with E-state index in [9.17, 15) is 25.0 Å². The highest BCUT2D eigenvalue weighted by Gasteiger charge is 2.38. The van der Waals surface area contributed by atoms with E-state index in [0.717, 1.165) is 30.7 Å². The molecule has 268 valence electrons. The van der Waals surface area contributed by atoms with Crippen LogP contribution in [0.15, 0.2) is 67.0 Å². The molecule has 11 nitrogen and oxygen atoms in total.